The van der Waals surface area contributed by atoms with Gasteiger partial charge in [-0.05, 0) is 43.1 Å². The fourth-order valence-corrected chi connectivity index (χ4v) is 3.80. The molecule has 1 aromatic heterocycles. The molecule has 0 bridgehead atoms. The summed E-state index contributed by atoms with van der Waals surface area (Å²) in [6, 6.07) is 0. The monoisotopic (exact) mass is 237 g/mol. The second-order valence-electron chi connectivity index (χ2n) is 4.91. The third-order valence-corrected chi connectivity index (χ3v) is 4.82. The van der Waals surface area contributed by atoms with Crippen LogP contribution in [0.15, 0.2) is 0 Å². The number of thioether (sulfide) groups is 1. The smallest absolute Gasteiger partial charge is 0.151 e. The van der Waals surface area contributed by atoms with Crippen molar-refractivity contribution in [1.29, 1.82) is 0 Å². The van der Waals surface area contributed by atoms with E-state index in [4.69, 9.17) is 0 Å². The highest BCUT2D eigenvalue weighted by Crippen LogP contribution is 2.25. The van der Waals surface area contributed by atoms with Gasteiger partial charge in [-0.15, -0.1) is 0 Å². The zero-order valence-electron chi connectivity index (χ0n) is 9.69. The van der Waals surface area contributed by atoms with Crippen LogP contribution in [0.3, 0.4) is 0 Å². The molecular weight excluding hydrogens is 218 g/mol. The van der Waals surface area contributed by atoms with E-state index in [1.54, 1.807) is 0 Å². The minimum Gasteiger partial charge on any atom is -0.250 e. The molecule has 3 nitrogen and oxygen atoms in total. The summed E-state index contributed by atoms with van der Waals surface area (Å²) in [7, 11) is 0. The molecule has 0 N–H and O–H groups in total. The van der Waals surface area contributed by atoms with Gasteiger partial charge in [-0.25, -0.2) is 9.67 Å². The minimum atomic E-state index is 0.822. The van der Waals surface area contributed by atoms with Crippen molar-refractivity contribution in [1.82, 2.24) is 14.8 Å². The average molecular weight is 237 g/mol. The lowest BCUT2D eigenvalue weighted by Crippen LogP contribution is -2.14. The number of nitrogens with zero attached hydrogens (tertiary/aromatic N) is 3. The van der Waals surface area contributed by atoms with Gasteiger partial charge < -0.3 is 0 Å². The van der Waals surface area contributed by atoms with E-state index in [1.165, 1.54) is 43.0 Å². The van der Waals surface area contributed by atoms with Crippen molar-refractivity contribution in [3.05, 3.63) is 11.6 Å². The van der Waals surface area contributed by atoms with Crippen molar-refractivity contribution in [2.75, 3.05) is 11.5 Å². The normalized spacial score (nSPS) is 25.4. The lowest BCUT2D eigenvalue weighted by molar-refractivity contribution is 0.471. The number of hydrogen-bond donors (Lipinski definition) is 0. The summed E-state index contributed by atoms with van der Waals surface area (Å²) < 4.78 is 2.13. The van der Waals surface area contributed by atoms with Gasteiger partial charge in [0, 0.05) is 19.4 Å². The molecule has 3 rings (SSSR count). The van der Waals surface area contributed by atoms with E-state index >= 15 is 0 Å². The lowest BCUT2D eigenvalue weighted by atomic mass is 10.0. The van der Waals surface area contributed by atoms with Crippen LogP contribution in [0, 0.1) is 5.92 Å². The standard InChI is InChI=1S/C12H19N3S/c1-2-6-15-12(5-1)13-11(14-15)8-10-4-3-7-16-9-10/h10H,1-9H2. The summed E-state index contributed by atoms with van der Waals surface area (Å²) in [6.45, 7) is 1.09. The predicted molar refractivity (Wildman–Crippen MR) is 66.7 cm³/mol. The SMILES string of the molecule is C1CCn2nc(CC3CCCSC3)nc2C1. The molecule has 1 fully saturated rings. The summed E-state index contributed by atoms with van der Waals surface area (Å²) in [6.07, 6.45) is 7.55. The molecule has 0 saturated carbocycles. The molecule has 16 heavy (non-hydrogen) atoms. The quantitative estimate of drug-likeness (QED) is 0.791. The average Bonchev–Trinajstić information content (AvgIpc) is 2.72. The zero-order chi connectivity index (χ0) is 10.8. The number of aromatic nitrogens is 3. The third-order valence-electron chi connectivity index (χ3n) is 3.54. The van der Waals surface area contributed by atoms with Crippen molar-refractivity contribution < 1.29 is 0 Å². The maximum Gasteiger partial charge on any atom is 0.151 e. The largest absolute Gasteiger partial charge is 0.250 e. The molecule has 2 aliphatic heterocycles. The minimum absolute atomic E-state index is 0.822. The molecule has 0 radical (unpaired) electrons. The molecule has 88 valence electrons. The fourth-order valence-electron chi connectivity index (χ4n) is 2.65. The fraction of sp³-hybridized carbons (Fsp3) is 0.833. The van der Waals surface area contributed by atoms with Gasteiger partial charge in [0.15, 0.2) is 5.82 Å². The highest BCUT2D eigenvalue weighted by molar-refractivity contribution is 7.99. The molecule has 0 spiro atoms. The maximum atomic E-state index is 4.69. The molecule has 0 amide bonds. The van der Waals surface area contributed by atoms with E-state index < -0.39 is 0 Å². The van der Waals surface area contributed by atoms with Gasteiger partial charge in [-0.2, -0.15) is 16.9 Å². The highest BCUT2D eigenvalue weighted by Gasteiger charge is 2.19. The van der Waals surface area contributed by atoms with Gasteiger partial charge in [0.2, 0.25) is 0 Å². The summed E-state index contributed by atoms with van der Waals surface area (Å²) in [4.78, 5) is 4.69. The van der Waals surface area contributed by atoms with E-state index in [-0.39, 0.29) is 0 Å². The summed E-state index contributed by atoms with van der Waals surface area (Å²) in [5, 5.41) is 4.64. The molecule has 2 aliphatic rings. The van der Waals surface area contributed by atoms with Gasteiger partial charge in [0.05, 0.1) is 0 Å². The van der Waals surface area contributed by atoms with Crippen LogP contribution in [-0.2, 0) is 19.4 Å². The van der Waals surface area contributed by atoms with Crippen molar-refractivity contribution in [2.45, 2.75) is 45.1 Å². The van der Waals surface area contributed by atoms with Crippen molar-refractivity contribution in [3.63, 3.8) is 0 Å². The topological polar surface area (TPSA) is 30.7 Å². The third kappa shape index (κ3) is 2.26. The summed E-state index contributed by atoms with van der Waals surface area (Å²) in [5.74, 6) is 5.81. The zero-order valence-corrected chi connectivity index (χ0v) is 10.5. The first-order valence-electron chi connectivity index (χ1n) is 6.42. The van der Waals surface area contributed by atoms with Crippen molar-refractivity contribution in [3.8, 4) is 0 Å². The number of hydrogen-bond acceptors (Lipinski definition) is 3. The van der Waals surface area contributed by atoms with Crippen molar-refractivity contribution >= 4 is 11.8 Å². The Morgan fingerprint density at radius 3 is 3.12 bits per heavy atom. The molecule has 0 aliphatic carbocycles. The van der Waals surface area contributed by atoms with Gasteiger partial charge in [0.1, 0.15) is 5.82 Å². The van der Waals surface area contributed by atoms with E-state index in [0.717, 1.165) is 31.1 Å². The Balaban J connectivity index is 1.67. The first kappa shape index (κ1) is 10.6. The van der Waals surface area contributed by atoms with Gasteiger partial charge in [-0.3, -0.25) is 0 Å². The number of fused-ring (bicyclic) bond motifs is 1. The molecule has 4 heteroatoms. The molecule has 1 unspecified atom stereocenters. The Bertz CT molecular complexity index is 332. The first-order valence-corrected chi connectivity index (χ1v) is 7.57. The Morgan fingerprint density at radius 2 is 2.31 bits per heavy atom. The van der Waals surface area contributed by atoms with Crippen molar-refractivity contribution in [2.24, 2.45) is 5.92 Å². The molecule has 3 heterocycles. The molecule has 1 saturated heterocycles. The van der Waals surface area contributed by atoms with E-state index in [9.17, 15) is 0 Å². The van der Waals surface area contributed by atoms with Crippen LogP contribution in [0.1, 0.15) is 37.3 Å². The Labute approximate surface area is 101 Å². The molecule has 1 aromatic rings. The van der Waals surface area contributed by atoms with Crippen LogP contribution in [0.2, 0.25) is 0 Å². The Morgan fingerprint density at radius 1 is 1.31 bits per heavy atom. The lowest BCUT2D eigenvalue weighted by Gasteiger charge is -2.19. The van der Waals surface area contributed by atoms with E-state index in [1.807, 2.05) is 0 Å². The molecular formula is C12H19N3S. The van der Waals surface area contributed by atoms with Crippen LogP contribution in [-0.4, -0.2) is 26.3 Å². The van der Waals surface area contributed by atoms with Crippen LogP contribution in [0.5, 0.6) is 0 Å². The molecule has 0 aromatic carbocycles. The number of aryl methyl sites for hydroxylation is 2. The van der Waals surface area contributed by atoms with Crippen LogP contribution in [0.25, 0.3) is 0 Å². The first-order chi connectivity index (χ1) is 7.92. The Kier molecular flexibility index (Phi) is 3.18. The highest BCUT2D eigenvalue weighted by atomic mass is 32.2. The predicted octanol–water partition coefficient (Wildman–Crippen LogP) is 2.30. The Hall–Kier alpha value is -0.510. The maximum absolute atomic E-state index is 4.69. The summed E-state index contributed by atoms with van der Waals surface area (Å²) in [5.41, 5.74) is 0. The van der Waals surface area contributed by atoms with Crippen LogP contribution >= 0.6 is 11.8 Å². The summed E-state index contributed by atoms with van der Waals surface area (Å²) >= 11 is 2.09. The van der Waals surface area contributed by atoms with Gasteiger partial charge >= 0.3 is 0 Å². The second-order valence-corrected chi connectivity index (χ2v) is 6.06. The second kappa shape index (κ2) is 4.78. The van der Waals surface area contributed by atoms with Crippen LogP contribution < -0.4 is 0 Å². The van der Waals surface area contributed by atoms with Gasteiger partial charge in [-0.1, -0.05) is 0 Å². The molecule has 1 atom stereocenters. The van der Waals surface area contributed by atoms with Crippen LogP contribution in [0.4, 0.5) is 0 Å². The van der Waals surface area contributed by atoms with Gasteiger partial charge in [0.25, 0.3) is 0 Å². The van der Waals surface area contributed by atoms with E-state index in [0.29, 0.717) is 0 Å². The van der Waals surface area contributed by atoms with E-state index in [2.05, 4.69) is 26.5 Å². The number of rotatable bonds is 2.